The van der Waals surface area contributed by atoms with E-state index in [1.54, 1.807) is 6.08 Å². The minimum Gasteiger partial charge on any atom is -0.490 e. The Balaban J connectivity index is 2.23. The van der Waals surface area contributed by atoms with Crippen molar-refractivity contribution in [3.63, 3.8) is 0 Å². The molecular weight excluding hydrogens is 168 g/mol. The summed E-state index contributed by atoms with van der Waals surface area (Å²) in [5.41, 5.74) is -0.406. The molecule has 0 saturated heterocycles. The van der Waals surface area contributed by atoms with Crippen LogP contribution in [0.25, 0.3) is 0 Å². The quantitative estimate of drug-likeness (QED) is 0.453. The Morgan fingerprint density at radius 2 is 2.38 bits per heavy atom. The van der Waals surface area contributed by atoms with Gasteiger partial charge in [0.15, 0.2) is 0 Å². The van der Waals surface area contributed by atoms with Crippen LogP contribution in [0.4, 0.5) is 0 Å². The molecule has 1 aliphatic heterocycles. The van der Waals surface area contributed by atoms with Crippen molar-refractivity contribution in [2.45, 2.75) is 24.9 Å². The Labute approximate surface area is 77.0 Å². The molecule has 0 amide bonds. The number of allylic oxidation sites excluding steroid dienone is 1. The molecule has 3 heteroatoms. The van der Waals surface area contributed by atoms with Crippen LogP contribution in [0.1, 0.15) is 19.3 Å². The number of hydrogen-bond donors (Lipinski definition) is 0. The summed E-state index contributed by atoms with van der Waals surface area (Å²) in [6.07, 6.45) is 8.55. The van der Waals surface area contributed by atoms with Gasteiger partial charge in [-0.25, -0.2) is 4.79 Å². The number of methoxy groups -OCH3 is 1. The third kappa shape index (κ3) is 1.34. The summed E-state index contributed by atoms with van der Waals surface area (Å²) in [5.74, 6) is 0.00750. The van der Waals surface area contributed by atoms with Crippen LogP contribution in [0.2, 0.25) is 0 Å². The predicted octanol–water partition coefficient (Wildman–Crippen LogP) is 1.55. The van der Waals surface area contributed by atoms with Gasteiger partial charge < -0.3 is 9.47 Å². The molecule has 70 valence electrons. The zero-order chi connectivity index (χ0) is 9.31. The van der Waals surface area contributed by atoms with E-state index in [-0.39, 0.29) is 5.97 Å². The Hall–Kier alpha value is -1.25. The van der Waals surface area contributed by atoms with Crippen LogP contribution in [0.3, 0.4) is 0 Å². The van der Waals surface area contributed by atoms with E-state index in [0.717, 1.165) is 19.3 Å². The highest BCUT2D eigenvalue weighted by Gasteiger charge is 2.40. The molecule has 0 aromatic heterocycles. The van der Waals surface area contributed by atoms with E-state index < -0.39 is 5.60 Å². The maximum atomic E-state index is 11.2. The number of rotatable bonds is 1. The Bertz CT molecular complexity index is 291. The molecular formula is C10H12O3. The van der Waals surface area contributed by atoms with Crippen LogP contribution in [-0.4, -0.2) is 18.7 Å². The molecule has 1 atom stereocenters. The summed E-state index contributed by atoms with van der Waals surface area (Å²) < 4.78 is 10.2. The fourth-order valence-corrected chi connectivity index (χ4v) is 1.76. The second kappa shape index (κ2) is 2.91. The normalized spacial score (nSPS) is 31.8. The first-order valence-corrected chi connectivity index (χ1v) is 4.41. The Kier molecular flexibility index (Phi) is 1.87. The fourth-order valence-electron chi connectivity index (χ4n) is 1.76. The zero-order valence-electron chi connectivity index (χ0n) is 7.58. The average Bonchev–Trinajstić information content (AvgIpc) is 2.44. The first-order chi connectivity index (χ1) is 6.26. The van der Waals surface area contributed by atoms with Crippen molar-refractivity contribution < 1.29 is 14.3 Å². The highest BCUT2D eigenvalue weighted by molar-refractivity contribution is 5.89. The predicted molar refractivity (Wildman–Crippen MR) is 46.9 cm³/mol. The van der Waals surface area contributed by atoms with Gasteiger partial charge in [0, 0.05) is 12.5 Å². The average molecular weight is 180 g/mol. The third-order valence-corrected chi connectivity index (χ3v) is 2.48. The van der Waals surface area contributed by atoms with Crippen LogP contribution >= 0.6 is 0 Å². The molecule has 0 radical (unpaired) electrons. The summed E-state index contributed by atoms with van der Waals surface area (Å²) in [6.45, 7) is 0. The van der Waals surface area contributed by atoms with Crippen LogP contribution in [-0.2, 0) is 14.3 Å². The number of carbonyl (C=O) groups is 1. The molecule has 13 heavy (non-hydrogen) atoms. The minimum atomic E-state index is -0.406. The van der Waals surface area contributed by atoms with Crippen molar-refractivity contribution in [2.24, 2.45) is 0 Å². The molecule has 0 N–H and O–H groups in total. The van der Waals surface area contributed by atoms with Gasteiger partial charge in [0.1, 0.15) is 5.60 Å². The minimum absolute atomic E-state index is 0.335. The largest absolute Gasteiger partial charge is 0.490 e. The Morgan fingerprint density at radius 3 is 2.92 bits per heavy atom. The van der Waals surface area contributed by atoms with Crippen molar-refractivity contribution in [1.82, 2.24) is 0 Å². The number of esters is 1. The van der Waals surface area contributed by atoms with Crippen LogP contribution in [0, 0.1) is 0 Å². The molecule has 1 aliphatic carbocycles. The van der Waals surface area contributed by atoms with Gasteiger partial charge in [0.05, 0.1) is 7.11 Å². The fraction of sp³-hybridized carbons (Fsp3) is 0.500. The van der Waals surface area contributed by atoms with Crippen molar-refractivity contribution in [3.05, 3.63) is 24.0 Å². The van der Waals surface area contributed by atoms with E-state index >= 15 is 0 Å². The highest BCUT2D eigenvalue weighted by Crippen LogP contribution is 2.35. The van der Waals surface area contributed by atoms with E-state index in [0.29, 0.717) is 5.76 Å². The second-order valence-electron chi connectivity index (χ2n) is 3.38. The standard InChI is InChI=1S/C10H12O3/c1-12-8-7-10(13-9(8)11)5-3-2-4-6-10/h2-3,7H,4-6H2,1H3. The van der Waals surface area contributed by atoms with Gasteiger partial charge in [-0.1, -0.05) is 12.2 Å². The maximum Gasteiger partial charge on any atom is 0.374 e. The van der Waals surface area contributed by atoms with Crippen molar-refractivity contribution in [1.29, 1.82) is 0 Å². The number of hydrogen-bond acceptors (Lipinski definition) is 3. The third-order valence-electron chi connectivity index (χ3n) is 2.48. The highest BCUT2D eigenvalue weighted by atomic mass is 16.6. The van der Waals surface area contributed by atoms with Gasteiger partial charge in [0.2, 0.25) is 5.76 Å². The van der Waals surface area contributed by atoms with Gasteiger partial charge in [-0.05, 0) is 12.8 Å². The van der Waals surface area contributed by atoms with Crippen LogP contribution in [0.5, 0.6) is 0 Å². The van der Waals surface area contributed by atoms with Gasteiger partial charge in [-0.15, -0.1) is 0 Å². The van der Waals surface area contributed by atoms with Crippen LogP contribution in [0.15, 0.2) is 24.0 Å². The summed E-state index contributed by atoms with van der Waals surface area (Å²) in [7, 11) is 1.49. The molecule has 2 rings (SSSR count). The van der Waals surface area contributed by atoms with E-state index in [9.17, 15) is 4.79 Å². The smallest absolute Gasteiger partial charge is 0.374 e. The van der Waals surface area contributed by atoms with E-state index in [1.807, 2.05) is 6.08 Å². The monoisotopic (exact) mass is 180 g/mol. The first kappa shape index (κ1) is 8.35. The summed E-state index contributed by atoms with van der Waals surface area (Å²) >= 11 is 0. The lowest BCUT2D eigenvalue weighted by Crippen LogP contribution is -2.28. The van der Waals surface area contributed by atoms with Crippen molar-refractivity contribution >= 4 is 5.97 Å². The lowest BCUT2D eigenvalue weighted by atomic mass is 9.89. The molecule has 1 spiro atoms. The number of ether oxygens (including phenoxy) is 2. The van der Waals surface area contributed by atoms with Crippen molar-refractivity contribution in [2.75, 3.05) is 7.11 Å². The van der Waals surface area contributed by atoms with Crippen molar-refractivity contribution in [3.8, 4) is 0 Å². The maximum absolute atomic E-state index is 11.2. The second-order valence-corrected chi connectivity index (χ2v) is 3.38. The molecule has 0 aromatic carbocycles. The lowest BCUT2D eigenvalue weighted by molar-refractivity contribution is -0.149. The molecule has 0 fully saturated rings. The molecule has 1 unspecified atom stereocenters. The van der Waals surface area contributed by atoms with Gasteiger partial charge in [-0.2, -0.15) is 0 Å². The SMILES string of the molecule is COC1=CC2(CC=CCC2)OC1=O. The molecule has 0 saturated carbocycles. The molecule has 0 aromatic rings. The summed E-state index contributed by atoms with van der Waals surface area (Å²) in [6, 6.07) is 0. The van der Waals surface area contributed by atoms with Gasteiger partial charge in [-0.3, -0.25) is 0 Å². The van der Waals surface area contributed by atoms with Crippen LogP contribution < -0.4 is 0 Å². The molecule has 0 bridgehead atoms. The summed E-state index contributed by atoms with van der Waals surface area (Å²) in [5, 5.41) is 0. The topological polar surface area (TPSA) is 35.5 Å². The summed E-state index contributed by atoms with van der Waals surface area (Å²) in [4.78, 5) is 11.2. The molecule has 3 nitrogen and oxygen atoms in total. The zero-order valence-corrected chi connectivity index (χ0v) is 7.58. The molecule has 1 heterocycles. The first-order valence-electron chi connectivity index (χ1n) is 4.41. The Morgan fingerprint density at radius 1 is 1.54 bits per heavy atom. The van der Waals surface area contributed by atoms with E-state index in [2.05, 4.69) is 6.08 Å². The van der Waals surface area contributed by atoms with E-state index in [1.165, 1.54) is 7.11 Å². The van der Waals surface area contributed by atoms with E-state index in [4.69, 9.17) is 9.47 Å². The number of carbonyl (C=O) groups excluding carboxylic acids is 1. The lowest BCUT2D eigenvalue weighted by Gasteiger charge is -2.26. The van der Waals surface area contributed by atoms with Gasteiger partial charge >= 0.3 is 5.97 Å². The molecule has 2 aliphatic rings. The van der Waals surface area contributed by atoms with Gasteiger partial charge in [0.25, 0.3) is 0 Å².